The third-order valence-corrected chi connectivity index (χ3v) is 6.44. The summed E-state index contributed by atoms with van der Waals surface area (Å²) in [5, 5.41) is 5.66. The Hall–Kier alpha value is -2.71. The molecule has 0 spiro atoms. The van der Waals surface area contributed by atoms with Crippen LogP contribution in [0.1, 0.15) is 30.1 Å². The summed E-state index contributed by atoms with van der Waals surface area (Å²) in [4.78, 5) is 23.8. The van der Waals surface area contributed by atoms with Gasteiger partial charge >= 0.3 is 0 Å². The maximum atomic E-state index is 12.6. The minimum Gasteiger partial charge on any atom is -0.376 e. The van der Waals surface area contributed by atoms with Gasteiger partial charge < -0.3 is 10.6 Å². The van der Waals surface area contributed by atoms with Gasteiger partial charge in [-0.15, -0.1) is 0 Å². The van der Waals surface area contributed by atoms with E-state index in [1.807, 2.05) is 0 Å². The molecule has 0 atom stereocenters. The van der Waals surface area contributed by atoms with E-state index in [0.717, 1.165) is 12.8 Å². The number of hydrogen-bond acceptors (Lipinski definition) is 5. The van der Waals surface area contributed by atoms with Crippen LogP contribution in [0, 0.1) is 0 Å². The molecular weight excluding hydrogens is 378 g/mol. The Labute approximate surface area is 164 Å². The first-order chi connectivity index (χ1) is 13.4. The highest BCUT2D eigenvalue weighted by molar-refractivity contribution is 7.89. The van der Waals surface area contributed by atoms with Crippen molar-refractivity contribution in [3.05, 3.63) is 54.1 Å². The second-order valence-electron chi connectivity index (χ2n) is 6.68. The van der Waals surface area contributed by atoms with E-state index in [9.17, 15) is 18.0 Å². The van der Waals surface area contributed by atoms with Gasteiger partial charge in [-0.25, -0.2) is 8.42 Å². The van der Waals surface area contributed by atoms with Crippen LogP contribution in [0.4, 0.5) is 11.4 Å². The van der Waals surface area contributed by atoms with Crippen molar-refractivity contribution in [2.75, 3.05) is 30.3 Å². The smallest absolute Gasteiger partial charge is 0.243 e. The van der Waals surface area contributed by atoms with Crippen LogP contribution in [0.3, 0.4) is 0 Å². The summed E-state index contributed by atoms with van der Waals surface area (Å²) in [5.74, 6) is -0.368. The molecule has 0 bridgehead atoms. The molecule has 3 rings (SSSR count). The van der Waals surface area contributed by atoms with E-state index in [2.05, 4.69) is 10.6 Å². The molecule has 8 heteroatoms. The number of nitrogens with zero attached hydrogens (tertiary/aromatic N) is 1. The molecule has 0 saturated carbocycles. The summed E-state index contributed by atoms with van der Waals surface area (Å²) in [7, 11) is -3.53. The Bertz CT molecular complexity index is 982. The minimum atomic E-state index is -3.53. The van der Waals surface area contributed by atoms with Crippen LogP contribution in [0.5, 0.6) is 0 Å². The highest BCUT2D eigenvalue weighted by atomic mass is 32.2. The zero-order chi connectivity index (χ0) is 20.1. The largest absolute Gasteiger partial charge is 0.376 e. The lowest BCUT2D eigenvalue weighted by molar-refractivity contribution is -0.114. The molecule has 1 heterocycles. The molecule has 1 aliphatic rings. The third-order valence-electron chi connectivity index (χ3n) is 4.54. The standard InChI is InChI=1S/C20H23N3O4S/c1-15(24)16-6-4-7-17(12-16)21-14-20(25)22-18-8-5-9-19(13-18)28(26,27)23-10-2-3-11-23/h4-9,12-13,21H,2-3,10-11,14H2,1H3,(H,22,25). The van der Waals surface area contributed by atoms with Gasteiger partial charge in [0.2, 0.25) is 15.9 Å². The highest BCUT2D eigenvalue weighted by Crippen LogP contribution is 2.23. The van der Waals surface area contributed by atoms with Crippen molar-refractivity contribution in [1.29, 1.82) is 0 Å². The average Bonchev–Trinajstić information content (AvgIpc) is 3.22. The Morgan fingerprint density at radius 3 is 2.39 bits per heavy atom. The maximum Gasteiger partial charge on any atom is 0.243 e. The minimum absolute atomic E-state index is 0.00946. The Morgan fingerprint density at radius 1 is 1.00 bits per heavy atom. The van der Waals surface area contributed by atoms with Gasteiger partial charge in [-0.2, -0.15) is 4.31 Å². The lowest BCUT2D eigenvalue weighted by Gasteiger charge is -2.16. The third kappa shape index (κ3) is 4.76. The molecule has 148 valence electrons. The highest BCUT2D eigenvalue weighted by Gasteiger charge is 2.27. The number of rotatable bonds is 7. The van der Waals surface area contributed by atoms with Crippen LogP contribution in [0.2, 0.25) is 0 Å². The van der Waals surface area contributed by atoms with Crippen LogP contribution in [-0.4, -0.2) is 44.0 Å². The molecule has 2 N–H and O–H groups in total. The molecule has 0 unspecified atom stereocenters. The fourth-order valence-electron chi connectivity index (χ4n) is 3.05. The molecule has 1 aliphatic heterocycles. The molecule has 1 fully saturated rings. The summed E-state index contributed by atoms with van der Waals surface area (Å²) < 4.78 is 26.8. The van der Waals surface area contributed by atoms with E-state index in [1.165, 1.54) is 23.4 Å². The average molecular weight is 401 g/mol. The number of nitrogens with one attached hydrogen (secondary N) is 2. The molecule has 2 aromatic rings. The molecule has 0 aliphatic carbocycles. The number of amides is 1. The van der Waals surface area contributed by atoms with Crippen molar-refractivity contribution >= 4 is 33.1 Å². The van der Waals surface area contributed by atoms with E-state index in [1.54, 1.807) is 36.4 Å². The van der Waals surface area contributed by atoms with Crippen LogP contribution < -0.4 is 10.6 Å². The van der Waals surface area contributed by atoms with Gasteiger partial charge in [0.1, 0.15) is 0 Å². The van der Waals surface area contributed by atoms with Gasteiger partial charge in [0.05, 0.1) is 11.4 Å². The predicted molar refractivity (Wildman–Crippen MR) is 108 cm³/mol. The summed E-state index contributed by atoms with van der Waals surface area (Å²) in [6.07, 6.45) is 1.73. The first-order valence-corrected chi connectivity index (χ1v) is 10.6. The predicted octanol–water partition coefficient (Wildman–Crippen LogP) is 2.72. The van der Waals surface area contributed by atoms with E-state index >= 15 is 0 Å². The fourth-order valence-corrected chi connectivity index (χ4v) is 4.61. The number of anilines is 2. The van der Waals surface area contributed by atoms with E-state index in [0.29, 0.717) is 30.0 Å². The summed E-state index contributed by atoms with van der Waals surface area (Å²) >= 11 is 0. The quantitative estimate of drug-likeness (QED) is 0.696. The number of benzene rings is 2. The van der Waals surface area contributed by atoms with Gasteiger partial charge in [0.15, 0.2) is 5.78 Å². The molecule has 1 amide bonds. The fraction of sp³-hybridized carbons (Fsp3) is 0.300. The van der Waals surface area contributed by atoms with E-state index in [4.69, 9.17) is 0 Å². The lowest BCUT2D eigenvalue weighted by Crippen LogP contribution is -2.28. The Morgan fingerprint density at radius 2 is 1.68 bits per heavy atom. The zero-order valence-electron chi connectivity index (χ0n) is 15.6. The summed E-state index contributed by atoms with van der Waals surface area (Å²) in [6.45, 7) is 2.53. The second-order valence-corrected chi connectivity index (χ2v) is 8.62. The SMILES string of the molecule is CC(=O)c1cccc(NCC(=O)Nc2cccc(S(=O)(=O)N3CCCC3)c2)c1. The normalized spacial score (nSPS) is 14.6. The van der Waals surface area contributed by atoms with Crippen molar-refractivity contribution in [3.8, 4) is 0 Å². The van der Waals surface area contributed by atoms with Gasteiger partial charge in [-0.05, 0) is 50.1 Å². The molecule has 0 radical (unpaired) electrons. The van der Waals surface area contributed by atoms with Crippen molar-refractivity contribution in [2.45, 2.75) is 24.7 Å². The first-order valence-electron chi connectivity index (χ1n) is 9.11. The number of ketones is 1. The number of Topliss-reactive ketones (excluding diaryl/α,β-unsaturated/α-hetero) is 1. The lowest BCUT2D eigenvalue weighted by atomic mass is 10.1. The summed E-state index contributed by atoms with van der Waals surface area (Å²) in [5.41, 5.74) is 1.64. The van der Waals surface area contributed by atoms with Gasteiger partial charge in [0, 0.05) is 30.0 Å². The van der Waals surface area contributed by atoms with E-state index < -0.39 is 10.0 Å². The van der Waals surface area contributed by atoms with Gasteiger partial charge in [-0.3, -0.25) is 9.59 Å². The monoisotopic (exact) mass is 401 g/mol. The topological polar surface area (TPSA) is 95.6 Å². The van der Waals surface area contributed by atoms with Crippen molar-refractivity contribution in [2.24, 2.45) is 0 Å². The Kier molecular flexibility index (Phi) is 6.11. The summed E-state index contributed by atoms with van der Waals surface area (Å²) in [6, 6.07) is 13.2. The molecule has 7 nitrogen and oxygen atoms in total. The van der Waals surface area contributed by atoms with Crippen LogP contribution in [-0.2, 0) is 14.8 Å². The van der Waals surface area contributed by atoms with Crippen molar-refractivity contribution in [1.82, 2.24) is 4.31 Å². The molecule has 2 aromatic carbocycles. The van der Waals surface area contributed by atoms with Crippen LogP contribution in [0.15, 0.2) is 53.4 Å². The second kappa shape index (κ2) is 8.53. The zero-order valence-corrected chi connectivity index (χ0v) is 16.5. The van der Waals surface area contributed by atoms with Crippen LogP contribution >= 0.6 is 0 Å². The van der Waals surface area contributed by atoms with E-state index in [-0.39, 0.29) is 23.1 Å². The molecule has 1 saturated heterocycles. The number of carbonyl (C=O) groups excluding carboxylic acids is 2. The molecular formula is C20H23N3O4S. The number of sulfonamides is 1. The van der Waals surface area contributed by atoms with Gasteiger partial charge in [-0.1, -0.05) is 18.2 Å². The molecule has 0 aromatic heterocycles. The van der Waals surface area contributed by atoms with Gasteiger partial charge in [0.25, 0.3) is 0 Å². The number of carbonyl (C=O) groups is 2. The maximum absolute atomic E-state index is 12.6. The van der Waals surface area contributed by atoms with Crippen molar-refractivity contribution in [3.63, 3.8) is 0 Å². The Balaban J connectivity index is 1.63. The molecule has 28 heavy (non-hydrogen) atoms. The first kappa shape index (κ1) is 20.0. The van der Waals surface area contributed by atoms with Crippen LogP contribution in [0.25, 0.3) is 0 Å². The van der Waals surface area contributed by atoms with Crippen molar-refractivity contribution < 1.29 is 18.0 Å². The number of hydrogen-bond donors (Lipinski definition) is 2.